The number of likely N-dealkylation sites (tertiary alicyclic amines) is 1. The van der Waals surface area contributed by atoms with Crippen LogP contribution in [0.5, 0.6) is 0 Å². The van der Waals surface area contributed by atoms with Crippen molar-refractivity contribution in [3.63, 3.8) is 0 Å². The summed E-state index contributed by atoms with van der Waals surface area (Å²) in [6, 6.07) is 7.43. The number of carbonyl (C=O) groups excluding carboxylic acids is 1. The van der Waals surface area contributed by atoms with Crippen LogP contribution in [0.4, 0.5) is 0 Å². The highest BCUT2D eigenvalue weighted by molar-refractivity contribution is 7.98. The molecule has 6 nitrogen and oxygen atoms in total. The fraction of sp³-hybridized carbons (Fsp3) is 0.611. The molecule has 146 valence electrons. The second-order valence-corrected chi connectivity index (χ2v) is 10.1. The van der Waals surface area contributed by atoms with Crippen LogP contribution in [0.15, 0.2) is 35.2 Å². The van der Waals surface area contributed by atoms with Gasteiger partial charge in [-0.25, -0.2) is 8.42 Å². The van der Waals surface area contributed by atoms with Gasteiger partial charge < -0.3 is 10.6 Å². The lowest BCUT2D eigenvalue weighted by atomic mass is 9.79. The molecule has 3 N–H and O–H groups in total. The molecule has 1 aliphatic heterocycles. The number of hydrogen-bond acceptors (Lipinski definition) is 5. The number of sulfonamides is 1. The maximum absolute atomic E-state index is 13.1. The molecule has 0 saturated carbocycles. The van der Waals surface area contributed by atoms with E-state index in [1.807, 2.05) is 20.1 Å². The molecule has 0 aromatic heterocycles. The second-order valence-electron chi connectivity index (χ2n) is 7.41. The molecule has 0 bridgehead atoms. The Morgan fingerprint density at radius 2 is 2.04 bits per heavy atom. The minimum atomic E-state index is -3.74. The van der Waals surface area contributed by atoms with Crippen LogP contribution in [-0.4, -0.2) is 56.4 Å². The highest BCUT2D eigenvalue weighted by Gasteiger charge is 2.38. The van der Waals surface area contributed by atoms with Crippen molar-refractivity contribution >= 4 is 27.7 Å². The summed E-state index contributed by atoms with van der Waals surface area (Å²) in [6.07, 6.45) is 3.12. The number of thioether (sulfide) groups is 1. The van der Waals surface area contributed by atoms with Crippen molar-refractivity contribution in [2.75, 3.05) is 25.1 Å². The third-order valence-corrected chi connectivity index (χ3v) is 7.02. The van der Waals surface area contributed by atoms with Gasteiger partial charge >= 0.3 is 0 Å². The summed E-state index contributed by atoms with van der Waals surface area (Å²) in [6.45, 7) is 5.19. The lowest BCUT2D eigenvalue weighted by Crippen LogP contribution is -2.58. The monoisotopic (exact) mass is 399 g/mol. The lowest BCUT2D eigenvalue weighted by molar-refractivity contribution is -0.136. The predicted octanol–water partition coefficient (Wildman–Crippen LogP) is 1.67. The molecule has 2 atom stereocenters. The molecule has 1 amide bonds. The van der Waals surface area contributed by atoms with Gasteiger partial charge in [-0.05, 0) is 42.4 Å². The summed E-state index contributed by atoms with van der Waals surface area (Å²) >= 11 is 1.59. The van der Waals surface area contributed by atoms with Crippen molar-refractivity contribution in [1.82, 2.24) is 9.62 Å². The van der Waals surface area contributed by atoms with Crippen LogP contribution >= 0.6 is 11.8 Å². The minimum Gasteiger partial charge on any atom is -0.341 e. The van der Waals surface area contributed by atoms with Crippen LogP contribution in [0.3, 0.4) is 0 Å². The number of carbonyl (C=O) groups is 1. The molecule has 1 aromatic rings. The van der Waals surface area contributed by atoms with Crippen molar-refractivity contribution in [3.05, 3.63) is 30.3 Å². The summed E-state index contributed by atoms with van der Waals surface area (Å²) in [4.78, 5) is 15.0. The fourth-order valence-corrected chi connectivity index (χ4v) is 4.82. The number of nitrogens with two attached hydrogens (primary N) is 1. The first-order chi connectivity index (χ1) is 12.2. The Morgan fingerprint density at radius 3 is 2.62 bits per heavy atom. The van der Waals surface area contributed by atoms with Crippen LogP contribution in [0.25, 0.3) is 0 Å². The zero-order valence-electron chi connectivity index (χ0n) is 15.6. The molecule has 1 fully saturated rings. The van der Waals surface area contributed by atoms with Gasteiger partial charge in [-0.1, -0.05) is 32.0 Å². The van der Waals surface area contributed by atoms with E-state index < -0.39 is 16.1 Å². The molecular weight excluding hydrogens is 370 g/mol. The third-order valence-electron chi connectivity index (χ3n) is 4.88. The second kappa shape index (κ2) is 8.73. The third kappa shape index (κ3) is 5.22. The molecule has 26 heavy (non-hydrogen) atoms. The number of nitrogens with zero attached hydrogens (tertiary/aromatic N) is 1. The van der Waals surface area contributed by atoms with Crippen molar-refractivity contribution < 1.29 is 13.2 Å². The molecular formula is C18H29N3O3S2. The molecule has 2 rings (SSSR count). The van der Waals surface area contributed by atoms with Crippen molar-refractivity contribution in [2.24, 2.45) is 11.1 Å². The normalized spacial score (nSPS) is 21.4. The number of amides is 1. The molecule has 0 radical (unpaired) electrons. The van der Waals surface area contributed by atoms with Gasteiger partial charge in [0.2, 0.25) is 15.9 Å². The lowest BCUT2D eigenvalue weighted by Gasteiger charge is -2.43. The topological polar surface area (TPSA) is 92.5 Å². The van der Waals surface area contributed by atoms with Crippen LogP contribution in [0.2, 0.25) is 0 Å². The average molecular weight is 400 g/mol. The average Bonchev–Trinajstić information content (AvgIpc) is 2.61. The number of rotatable bonds is 7. The fourth-order valence-electron chi connectivity index (χ4n) is 3.11. The number of nitrogens with one attached hydrogen (secondary N) is 1. The summed E-state index contributed by atoms with van der Waals surface area (Å²) in [5.41, 5.74) is 5.97. The predicted molar refractivity (Wildman–Crippen MR) is 107 cm³/mol. The first kappa shape index (κ1) is 21.2. The highest BCUT2D eigenvalue weighted by atomic mass is 32.2. The largest absolute Gasteiger partial charge is 0.341 e. The Morgan fingerprint density at radius 1 is 1.38 bits per heavy atom. The summed E-state index contributed by atoms with van der Waals surface area (Å²) in [5, 5.41) is 0. The molecule has 1 aliphatic rings. The van der Waals surface area contributed by atoms with E-state index in [9.17, 15) is 13.2 Å². The molecule has 1 saturated heterocycles. The maximum Gasteiger partial charge on any atom is 0.241 e. The van der Waals surface area contributed by atoms with E-state index in [4.69, 9.17) is 5.73 Å². The van der Waals surface area contributed by atoms with Crippen molar-refractivity contribution in [3.8, 4) is 0 Å². The van der Waals surface area contributed by atoms with Crippen LogP contribution < -0.4 is 10.5 Å². The molecule has 8 heteroatoms. The van der Waals surface area contributed by atoms with Gasteiger partial charge in [0, 0.05) is 19.1 Å². The molecule has 0 aliphatic carbocycles. The van der Waals surface area contributed by atoms with E-state index in [0.717, 1.165) is 6.42 Å². The summed E-state index contributed by atoms with van der Waals surface area (Å²) in [5.74, 6) is 0.531. The quantitative estimate of drug-likeness (QED) is 0.728. The molecule has 0 spiro atoms. The van der Waals surface area contributed by atoms with E-state index in [-0.39, 0.29) is 22.3 Å². The molecule has 2 unspecified atom stereocenters. The van der Waals surface area contributed by atoms with E-state index in [1.165, 1.54) is 12.1 Å². The zero-order chi connectivity index (χ0) is 19.4. The van der Waals surface area contributed by atoms with E-state index in [2.05, 4.69) is 4.72 Å². The van der Waals surface area contributed by atoms with Crippen LogP contribution in [0, 0.1) is 5.41 Å². The van der Waals surface area contributed by atoms with Gasteiger partial charge in [-0.3, -0.25) is 4.79 Å². The first-order valence-corrected chi connectivity index (χ1v) is 11.7. The maximum atomic E-state index is 13.1. The van der Waals surface area contributed by atoms with Gasteiger partial charge in [0.15, 0.2) is 0 Å². The summed E-state index contributed by atoms with van der Waals surface area (Å²) in [7, 11) is -3.74. The minimum absolute atomic E-state index is 0.0391. The first-order valence-electron chi connectivity index (χ1n) is 8.78. The van der Waals surface area contributed by atoms with E-state index in [1.54, 1.807) is 34.9 Å². The van der Waals surface area contributed by atoms with Gasteiger partial charge in [0.25, 0.3) is 0 Å². The Bertz CT molecular complexity index is 708. The summed E-state index contributed by atoms with van der Waals surface area (Å²) < 4.78 is 27.9. The van der Waals surface area contributed by atoms with Crippen LogP contribution in [0.1, 0.15) is 26.7 Å². The van der Waals surface area contributed by atoms with Gasteiger partial charge in [-0.15, -0.1) is 0 Å². The van der Waals surface area contributed by atoms with Crippen molar-refractivity contribution in [2.45, 2.75) is 43.7 Å². The molecule has 1 aromatic carbocycles. The molecule has 1 heterocycles. The SMILES string of the molecule is CSCCC(NS(=O)(=O)c1ccccc1)C(=O)N1CCC(N)C(C)(C)C1. The van der Waals surface area contributed by atoms with Gasteiger partial charge in [0.1, 0.15) is 6.04 Å². The zero-order valence-corrected chi connectivity index (χ0v) is 17.3. The Labute approximate surface area is 160 Å². The van der Waals surface area contributed by atoms with E-state index in [0.29, 0.717) is 25.3 Å². The Balaban J connectivity index is 2.17. The standard InChI is InChI=1S/C18H29N3O3S2/c1-18(2)13-21(11-9-16(18)19)17(22)15(10-12-25-3)20-26(23,24)14-7-5-4-6-8-14/h4-8,15-16,20H,9-13,19H2,1-3H3. The number of piperidine rings is 1. The van der Waals surface area contributed by atoms with Gasteiger partial charge in [-0.2, -0.15) is 16.5 Å². The smallest absolute Gasteiger partial charge is 0.241 e. The number of hydrogen-bond donors (Lipinski definition) is 2. The van der Waals surface area contributed by atoms with Gasteiger partial charge in [0.05, 0.1) is 4.90 Å². The van der Waals surface area contributed by atoms with Crippen LogP contribution in [-0.2, 0) is 14.8 Å². The highest BCUT2D eigenvalue weighted by Crippen LogP contribution is 2.28. The van der Waals surface area contributed by atoms with Crippen molar-refractivity contribution in [1.29, 1.82) is 0 Å². The Hall–Kier alpha value is -1.09. The van der Waals surface area contributed by atoms with E-state index >= 15 is 0 Å². The Kier molecular flexibility index (Phi) is 7.12. The number of benzene rings is 1.